The second-order valence-electron chi connectivity index (χ2n) is 4.98. The summed E-state index contributed by atoms with van der Waals surface area (Å²) in [6, 6.07) is 10.2. The molecule has 0 saturated carbocycles. The third-order valence-electron chi connectivity index (χ3n) is 3.68. The molecule has 1 aliphatic heterocycles. The van der Waals surface area contributed by atoms with Gasteiger partial charge in [-0.2, -0.15) is 5.10 Å². The van der Waals surface area contributed by atoms with E-state index in [4.69, 9.17) is 0 Å². The number of allylic oxidation sites excluding steroid dienone is 1. The Morgan fingerprint density at radius 1 is 1.05 bits per heavy atom. The molecule has 0 aliphatic carbocycles. The van der Waals surface area contributed by atoms with Crippen LogP contribution in [0.4, 0.5) is 0 Å². The first-order valence-electron chi connectivity index (χ1n) is 7.03. The van der Waals surface area contributed by atoms with Crippen molar-refractivity contribution in [2.75, 3.05) is 6.54 Å². The van der Waals surface area contributed by atoms with Gasteiger partial charge in [0.25, 0.3) is 0 Å². The van der Waals surface area contributed by atoms with Gasteiger partial charge in [-0.15, -0.1) is 0 Å². The summed E-state index contributed by atoms with van der Waals surface area (Å²) in [5.41, 5.74) is 5.04. The van der Waals surface area contributed by atoms with Gasteiger partial charge < -0.3 is 0 Å². The van der Waals surface area contributed by atoms with E-state index in [0.29, 0.717) is 0 Å². The summed E-state index contributed by atoms with van der Waals surface area (Å²) in [5, 5.41) is 8.50. The van der Waals surface area contributed by atoms with E-state index in [1.54, 1.807) is 0 Å². The smallest absolute Gasteiger partial charge is 0.118 e. The molecule has 102 valence electrons. The second-order valence-corrected chi connectivity index (χ2v) is 4.98. The molecule has 0 atom stereocenters. The average Bonchev–Trinajstić information content (AvgIpc) is 3.04. The van der Waals surface area contributed by atoms with E-state index in [9.17, 15) is 0 Å². The summed E-state index contributed by atoms with van der Waals surface area (Å²) in [6.45, 7) is 0.829. The number of aromatic amines is 1. The molecule has 4 nitrogen and oxygen atoms in total. The fourth-order valence-electron chi connectivity index (χ4n) is 2.68. The van der Waals surface area contributed by atoms with Gasteiger partial charge in [0.05, 0.1) is 11.2 Å². The molecule has 1 aromatic carbocycles. The van der Waals surface area contributed by atoms with Crippen molar-refractivity contribution in [1.29, 1.82) is 0 Å². The van der Waals surface area contributed by atoms with E-state index in [1.165, 1.54) is 0 Å². The van der Waals surface area contributed by atoms with E-state index in [2.05, 4.69) is 32.3 Å². The van der Waals surface area contributed by atoms with Crippen LogP contribution in [0.2, 0.25) is 0 Å². The Bertz CT molecular complexity index is 853. The standard InChI is InChI=1S/C17H14N4/c1-2-6-15-13(5-1)12(8-10-19-15)14-11-20-21-17(14)16-7-3-4-9-18-16/h1-3,5-8,10-11H,4,9H2,(H,20,21). The van der Waals surface area contributed by atoms with Crippen LogP contribution in [-0.4, -0.2) is 27.4 Å². The summed E-state index contributed by atoms with van der Waals surface area (Å²) in [7, 11) is 0. The highest BCUT2D eigenvalue weighted by atomic mass is 15.1. The van der Waals surface area contributed by atoms with Gasteiger partial charge in [0, 0.05) is 29.9 Å². The molecule has 0 radical (unpaired) electrons. The zero-order valence-corrected chi connectivity index (χ0v) is 11.5. The molecule has 0 bridgehead atoms. The Labute approximate surface area is 122 Å². The van der Waals surface area contributed by atoms with E-state index in [-0.39, 0.29) is 0 Å². The number of pyridine rings is 1. The highest BCUT2D eigenvalue weighted by molar-refractivity contribution is 6.13. The lowest BCUT2D eigenvalue weighted by Crippen LogP contribution is -2.04. The molecule has 0 amide bonds. The number of fused-ring (bicyclic) bond motifs is 1. The number of para-hydroxylation sites is 1. The Hall–Kier alpha value is -2.75. The van der Waals surface area contributed by atoms with Gasteiger partial charge in [-0.05, 0) is 30.2 Å². The van der Waals surface area contributed by atoms with Gasteiger partial charge >= 0.3 is 0 Å². The molecule has 0 saturated heterocycles. The van der Waals surface area contributed by atoms with Crippen LogP contribution < -0.4 is 0 Å². The molecule has 0 unspecified atom stereocenters. The zero-order valence-electron chi connectivity index (χ0n) is 11.5. The van der Waals surface area contributed by atoms with E-state index < -0.39 is 0 Å². The van der Waals surface area contributed by atoms with Crippen molar-refractivity contribution >= 4 is 16.6 Å². The minimum absolute atomic E-state index is 0.829. The number of nitrogens with one attached hydrogen (secondary N) is 1. The van der Waals surface area contributed by atoms with Crippen LogP contribution in [-0.2, 0) is 0 Å². The highest BCUT2D eigenvalue weighted by Crippen LogP contribution is 2.29. The van der Waals surface area contributed by atoms with E-state index >= 15 is 0 Å². The number of dihydropyridines is 1. The molecule has 2 aromatic heterocycles. The maximum absolute atomic E-state index is 4.57. The molecular formula is C17H14N4. The SMILES string of the molecule is C1=CC(c2n[nH]cc2-c2ccnc3ccccc23)=NCC1. The monoisotopic (exact) mass is 274 g/mol. The lowest BCUT2D eigenvalue weighted by atomic mass is 9.99. The summed E-state index contributed by atoms with van der Waals surface area (Å²) in [6.07, 6.45) is 8.97. The number of aromatic nitrogens is 3. The summed E-state index contributed by atoms with van der Waals surface area (Å²) in [4.78, 5) is 8.99. The Morgan fingerprint density at radius 2 is 2.00 bits per heavy atom. The first-order chi connectivity index (χ1) is 10.4. The third-order valence-corrected chi connectivity index (χ3v) is 3.68. The maximum Gasteiger partial charge on any atom is 0.118 e. The number of hydrogen-bond acceptors (Lipinski definition) is 3. The zero-order chi connectivity index (χ0) is 14.1. The Kier molecular flexibility index (Phi) is 2.85. The van der Waals surface area contributed by atoms with Gasteiger partial charge in [0.2, 0.25) is 0 Å². The minimum Gasteiger partial charge on any atom is -0.284 e. The number of nitrogens with zero attached hydrogens (tertiary/aromatic N) is 3. The molecule has 4 heteroatoms. The highest BCUT2D eigenvalue weighted by Gasteiger charge is 2.15. The van der Waals surface area contributed by atoms with Gasteiger partial charge in [-0.1, -0.05) is 24.3 Å². The first kappa shape index (κ1) is 12.0. The second kappa shape index (κ2) is 4.98. The van der Waals surface area contributed by atoms with Gasteiger partial charge in [-0.3, -0.25) is 15.1 Å². The summed E-state index contributed by atoms with van der Waals surface area (Å²) in [5.74, 6) is 0. The number of aliphatic imine (C=N–C) groups is 1. The van der Waals surface area contributed by atoms with Crippen LogP contribution >= 0.6 is 0 Å². The molecule has 0 spiro atoms. The van der Waals surface area contributed by atoms with Gasteiger partial charge in [-0.25, -0.2) is 0 Å². The molecule has 4 rings (SSSR count). The number of H-pyrrole nitrogens is 1. The van der Waals surface area contributed by atoms with Crippen molar-refractivity contribution in [1.82, 2.24) is 15.2 Å². The van der Waals surface area contributed by atoms with Crippen LogP contribution in [0.15, 0.2) is 59.9 Å². The quantitative estimate of drug-likeness (QED) is 0.779. The van der Waals surface area contributed by atoms with Crippen LogP contribution in [0.3, 0.4) is 0 Å². The van der Waals surface area contributed by atoms with Crippen LogP contribution in [0.1, 0.15) is 12.1 Å². The number of hydrogen-bond donors (Lipinski definition) is 1. The number of rotatable bonds is 2. The Morgan fingerprint density at radius 3 is 2.90 bits per heavy atom. The fourth-order valence-corrected chi connectivity index (χ4v) is 2.68. The lowest BCUT2D eigenvalue weighted by Gasteiger charge is -2.08. The van der Waals surface area contributed by atoms with Crippen molar-refractivity contribution in [3.05, 3.63) is 60.6 Å². The number of benzene rings is 1. The van der Waals surface area contributed by atoms with E-state index in [1.807, 2.05) is 42.7 Å². The van der Waals surface area contributed by atoms with E-state index in [0.717, 1.165) is 46.4 Å². The molecule has 1 N–H and O–H groups in total. The topological polar surface area (TPSA) is 53.9 Å². The van der Waals surface area contributed by atoms with Crippen molar-refractivity contribution in [2.45, 2.75) is 6.42 Å². The van der Waals surface area contributed by atoms with Crippen molar-refractivity contribution in [3.63, 3.8) is 0 Å². The minimum atomic E-state index is 0.829. The third kappa shape index (κ3) is 2.05. The average molecular weight is 274 g/mol. The predicted molar refractivity (Wildman–Crippen MR) is 84.5 cm³/mol. The van der Waals surface area contributed by atoms with Gasteiger partial charge in [0.15, 0.2) is 0 Å². The van der Waals surface area contributed by atoms with Gasteiger partial charge in [0.1, 0.15) is 5.69 Å². The normalized spacial score (nSPS) is 14.4. The van der Waals surface area contributed by atoms with Crippen molar-refractivity contribution in [2.24, 2.45) is 4.99 Å². The molecule has 0 fully saturated rings. The van der Waals surface area contributed by atoms with Crippen molar-refractivity contribution < 1.29 is 0 Å². The fraction of sp³-hybridized carbons (Fsp3) is 0.118. The molecule has 1 aliphatic rings. The van der Waals surface area contributed by atoms with Crippen molar-refractivity contribution in [3.8, 4) is 11.1 Å². The maximum atomic E-state index is 4.57. The van der Waals surface area contributed by atoms with Crippen LogP contribution in [0.5, 0.6) is 0 Å². The van der Waals surface area contributed by atoms with Crippen LogP contribution in [0, 0.1) is 0 Å². The molecule has 3 heterocycles. The first-order valence-corrected chi connectivity index (χ1v) is 7.03. The predicted octanol–water partition coefficient (Wildman–Crippen LogP) is 3.37. The summed E-state index contributed by atoms with van der Waals surface area (Å²) < 4.78 is 0. The van der Waals surface area contributed by atoms with Crippen LogP contribution in [0.25, 0.3) is 22.0 Å². The largest absolute Gasteiger partial charge is 0.284 e. The lowest BCUT2D eigenvalue weighted by molar-refractivity contribution is 0.987. The summed E-state index contributed by atoms with van der Waals surface area (Å²) >= 11 is 0. The molecule has 21 heavy (non-hydrogen) atoms. The Balaban J connectivity index is 1.92. The molecule has 3 aromatic rings. The molecular weight excluding hydrogens is 260 g/mol.